The fourth-order valence-electron chi connectivity index (χ4n) is 5.80. The van der Waals surface area contributed by atoms with Gasteiger partial charge in [0.25, 0.3) is 11.5 Å². The zero-order valence-electron chi connectivity index (χ0n) is 22.0. The predicted molar refractivity (Wildman–Crippen MR) is 147 cm³/mol. The average molecular weight is 502 g/mol. The standard InChI is InChI=1S/C29H35N5O3/c1-19-16-20(2)18-33(17-19)15-7-14-30-28(35)26-25-23-8-5-6-9-24(23)32(3)27(25)29(36)34(31-26)21-10-12-22(37-4)13-11-21/h5-6,8-13,19-20H,7,14-18H2,1-4H3,(H,30,35). The highest BCUT2D eigenvalue weighted by Gasteiger charge is 2.24. The number of carbonyl (C=O) groups excluding carboxylic acids is 1. The van der Waals surface area contributed by atoms with Gasteiger partial charge >= 0.3 is 0 Å². The van der Waals surface area contributed by atoms with Gasteiger partial charge in [-0.15, -0.1) is 0 Å². The second-order valence-corrected chi connectivity index (χ2v) is 10.4. The lowest BCUT2D eigenvalue weighted by Crippen LogP contribution is -2.40. The van der Waals surface area contributed by atoms with E-state index in [1.165, 1.54) is 11.1 Å². The van der Waals surface area contributed by atoms with E-state index in [-0.39, 0.29) is 17.2 Å². The van der Waals surface area contributed by atoms with E-state index in [4.69, 9.17) is 4.74 Å². The number of benzene rings is 2. The number of nitrogens with one attached hydrogen (secondary N) is 1. The fourth-order valence-corrected chi connectivity index (χ4v) is 5.80. The normalized spacial score (nSPS) is 18.4. The summed E-state index contributed by atoms with van der Waals surface area (Å²) in [5.74, 6) is 1.82. The molecular weight excluding hydrogens is 466 g/mol. The number of ether oxygens (including phenoxy) is 1. The Morgan fingerprint density at radius 1 is 1.08 bits per heavy atom. The second kappa shape index (κ2) is 10.4. The van der Waals surface area contributed by atoms with Crippen LogP contribution in [-0.2, 0) is 7.05 Å². The summed E-state index contributed by atoms with van der Waals surface area (Å²) in [6.07, 6.45) is 2.14. The van der Waals surface area contributed by atoms with Gasteiger partial charge in [0.05, 0.1) is 12.8 Å². The minimum Gasteiger partial charge on any atom is -0.497 e. The van der Waals surface area contributed by atoms with Crippen molar-refractivity contribution in [3.8, 4) is 11.4 Å². The van der Waals surface area contributed by atoms with E-state index in [0.717, 1.165) is 37.0 Å². The van der Waals surface area contributed by atoms with E-state index in [1.807, 2.05) is 35.9 Å². The molecule has 2 aromatic heterocycles. The van der Waals surface area contributed by atoms with Crippen LogP contribution in [0.1, 0.15) is 37.2 Å². The molecule has 2 aromatic carbocycles. The number of carbonyl (C=O) groups is 1. The van der Waals surface area contributed by atoms with E-state index in [9.17, 15) is 9.59 Å². The van der Waals surface area contributed by atoms with Gasteiger partial charge in [0, 0.05) is 43.0 Å². The first-order valence-corrected chi connectivity index (χ1v) is 13.0. The highest BCUT2D eigenvalue weighted by molar-refractivity contribution is 6.16. The Bertz CT molecular complexity index is 1480. The fraction of sp³-hybridized carbons (Fsp3) is 0.414. The Balaban J connectivity index is 1.47. The molecule has 0 bridgehead atoms. The summed E-state index contributed by atoms with van der Waals surface area (Å²) < 4.78 is 8.42. The van der Waals surface area contributed by atoms with Crippen LogP contribution < -0.4 is 15.6 Å². The molecule has 3 heterocycles. The minimum atomic E-state index is -0.274. The summed E-state index contributed by atoms with van der Waals surface area (Å²) in [5.41, 5.74) is 1.88. The Hall–Kier alpha value is -3.65. The molecule has 5 rings (SSSR count). The van der Waals surface area contributed by atoms with Crippen LogP contribution in [0.25, 0.3) is 27.5 Å². The van der Waals surface area contributed by atoms with Crippen molar-refractivity contribution >= 4 is 27.7 Å². The van der Waals surface area contributed by atoms with Crippen LogP contribution >= 0.6 is 0 Å². The van der Waals surface area contributed by atoms with E-state index < -0.39 is 0 Å². The van der Waals surface area contributed by atoms with Gasteiger partial charge < -0.3 is 19.5 Å². The maximum atomic E-state index is 13.6. The molecule has 1 saturated heterocycles. The molecule has 2 atom stereocenters. The average Bonchev–Trinajstić information content (AvgIpc) is 3.19. The van der Waals surface area contributed by atoms with Gasteiger partial charge in [-0.25, -0.2) is 0 Å². The molecule has 2 unspecified atom stereocenters. The lowest BCUT2D eigenvalue weighted by molar-refractivity contribution is 0.0942. The summed E-state index contributed by atoms with van der Waals surface area (Å²) in [7, 11) is 3.45. The van der Waals surface area contributed by atoms with Crippen LogP contribution in [-0.4, -0.2) is 58.4 Å². The SMILES string of the molecule is COc1ccc(-n2nc(C(=O)NCCCN3CC(C)CC(C)C3)c3c4ccccc4n(C)c3c2=O)cc1. The molecule has 0 saturated carbocycles. The van der Waals surface area contributed by atoms with Crippen LogP contribution in [0.4, 0.5) is 0 Å². The summed E-state index contributed by atoms with van der Waals surface area (Å²) in [6.45, 7) is 8.35. The third kappa shape index (κ3) is 4.85. The maximum absolute atomic E-state index is 13.6. The van der Waals surface area contributed by atoms with Crippen molar-refractivity contribution in [2.75, 3.05) is 33.3 Å². The van der Waals surface area contributed by atoms with Crippen LogP contribution in [0.2, 0.25) is 0 Å². The van der Waals surface area contributed by atoms with Gasteiger partial charge in [0.1, 0.15) is 11.3 Å². The molecule has 0 spiro atoms. The number of methoxy groups -OCH3 is 1. The summed E-state index contributed by atoms with van der Waals surface area (Å²) in [5, 5.41) is 9.10. The monoisotopic (exact) mass is 501 g/mol. The first kappa shape index (κ1) is 25.0. The number of nitrogens with zero attached hydrogens (tertiary/aromatic N) is 4. The Labute approximate surface area is 216 Å². The number of aromatic nitrogens is 3. The molecule has 1 amide bonds. The summed E-state index contributed by atoms with van der Waals surface area (Å²) in [6, 6.07) is 14.8. The third-order valence-electron chi connectivity index (χ3n) is 7.35. The minimum absolute atomic E-state index is 0.252. The zero-order chi connectivity index (χ0) is 26.1. The number of fused-ring (bicyclic) bond motifs is 3. The first-order chi connectivity index (χ1) is 17.9. The van der Waals surface area contributed by atoms with Crippen molar-refractivity contribution in [3.63, 3.8) is 0 Å². The lowest BCUT2D eigenvalue weighted by atomic mass is 9.92. The van der Waals surface area contributed by atoms with Gasteiger partial charge in [-0.2, -0.15) is 9.78 Å². The Kier molecular flexibility index (Phi) is 7.02. The van der Waals surface area contributed by atoms with Crippen LogP contribution in [0.5, 0.6) is 5.75 Å². The molecule has 4 aromatic rings. The molecule has 37 heavy (non-hydrogen) atoms. The molecular formula is C29H35N5O3. The van der Waals surface area contributed by atoms with Gasteiger partial charge in [-0.3, -0.25) is 9.59 Å². The molecule has 1 aliphatic heterocycles. The number of rotatable bonds is 7. The van der Waals surface area contributed by atoms with Crippen molar-refractivity contribution in [2.24, 2.45) is 18.9 Å². The first-order valence-electron chi connectivity index (χ1n) is 13.0. The van der Waals surface area contributed by atoms with Gasteiger partial charge in [-0.05, 0) is 61.6 Å². The van der Waals surface area contributed by atoms with Gasteiger partial charge in [0.2, 0.25) is 0 Å². The molecule has 194 valence electrons. The number of para-hydroxylation sites is 1. The maximum Gasteiger partial charge on any atom is 0.296 e. The van der Waals surface area contributed by atoms with Crippen molar-refractivity contribution in [1.82, 2.24) is 24.6 Å². The van der Waals surface area contributed by atoms with Crippen molar-refractivity contribution in [1.29, 1.82) is 0 Å². The highest BCUT2D eigenvalue weighted by atomic mass is 16.5. The van der Waals surface area contributed by atoms with Crippen molar-refractivity contribution in [2.45, 2.75) is 26.7 Å². The molecule has 1 fully saturated rings. The topological polar surface area (TPSA) is 81.4 Å². The number of hydrogen-bond acceptors (Lipinski definition) is 5. The molecule has 1 aliphatic rings. The van der Waals surface area contributed by atoms with Crippen LogP contribution in [0.3, 0.4) is 0 Å². The Morgan fingerprint density at radius 3 is 2.49 bits per heavy atom. The summed E-state index contributed by atoms with van der Waals surface area (Å²) >= 11 is 0. The predicted octanol–water partition coefficient (Wildman–Crippen LogP) is 3.98. The van der Waals surface area contributed by atoms with Crippen LogP contribution in [0.15, 0.2) is 53.3 Å². The second-order valence-electron chi connectivity index (χ2n) is 10.4. The number of aryl methyl sites for hydroxylation is 1. The van der Waals surface area contributed by atoms with Crippen LogP contribution in [0, 0.1) is 11.8 Å². The van der Waals surface area contributed by atoms with Gasteiger partial charge in [-0.1, -0.05) is 32.0 Å². The van der Waals surface area contributed by atoms with E-state index in [2.05, 4.69) is 29.2 Å². The highest BCUT2D eigenvalue weighted by Crippen LogP contribution is 2.28. The number of likely N-dealkylation sites (tertiary alicyclic amines) is 1. The lowest BCUT2D eigenvalue weighted by Gasteiger charge is -2.34. The van der Waals surface area contributed by atoms with E-state index in [0.29, 0.717) is 40.7 Å². The number of piperidine rings is 1. The largest absolute Gasteiger partial charge is 0.497 e. The quantitative estimate of drug-likeness (QED) is 0.388. The molecule has 0 radical (unpaired) electrons. The molecule has 8 nitrogen and oxygen atoms in total. The van der Waals surface area contributed by atoms with Crippen molar-refractivity contribution in [3.05, 3.63) is 64.6 Å². The Morgan fingerprint density at radius 2 is 1.78 bits per heavy atom. The number of amides is 1. The zero-order valence-corrected chi connectivity index (χ0v) is 22.0. The smallest absolute Gasteiger partial charge is 0.296 e. The molecule has 1 N–H and O–H groups in total. The van der Waals surface area contributed by atoms with Gasteiger partial charge in [0.15, 0.2) is 5.69 Å². The third-order valence-corrected chi connectivity index (χ3v) is 7.35. The number of hydrogen-bond donors (Lipinski definition) is 1. The molecule has 0 aliphatic carbocycles. The summed E-state index contributed by atoms with van der Waals surface area (Å²) in [4.78, 5) is 29.7. The molecule has 8 heteroatoms. The van der Waals surface area contributed by atoms with E-state index >= 15 is 0 Å². The van der Waals surface area contributed by atoms with Crippen molar-refractivity contribution < 1.29 is 9.53 Å². The van der Waals surface area contributed by atoms with E-state index in [1.54, 1.807) is 31.4 Å².